The molecule has 7 heteroatoms. The zero-order chi connectivity index (χ0) is 15.6. The van der Waals surface area contributed by atoms with Crippen LogP contribution in [0.3, 0.4) is 0 Å². The third-order valence-electron chi connectivity index (χ3n) is 2.58. The highest BCUT2D eigenvalue weighted by Gasteiger charge is 2.11. The van der Waals surface area contributed by atoms with Gasteiger partial charge in [0, 0.05) is 0 Å². The molecule has 0 bridgehead atoms. The molecule has 0 heterocycles. The molecular formula is C14H8Br2O5. The predicted molar refractivity (Wildman–Crippen MR) is 82.3 cm³/mol. The SMILES string of the molecule is O=C(O)c1ccc(Oc2ccc(C(=O)O)cc2Br)c(Br)c1. The van der Waals surface area contributed by atoms with Crippen molar-refractivity contribution in [2.45, 2.75) is 0 Å². The standard InChI is InChI=1S/C14H8Br2O5/c15-9-5-7(13(17)18)1-3-11(9)21-12-4-2-8(14(19)20)6-10(12)16/h1-6H,(H,17,18)(H,19,20). The van der Waals surface area contributed by atoms with Crippen LogP contribution in [0.5, 0.6) is 11.5 Å². The Morgan fingerprint density at radius 1 is 0.810 bits per heavy atom. The van der Waals surface area contributed by atoms with Gasteiger partial charge in [-0.2, -0.15) is 0 Å². The van der Waals surface area contributed by atoms with Gasteiger partial charge in [-0.05, 0) is 68.3 Å². The van der Waals surface area contributed by atoms with Gasteiger partial charge >= 0.3 is 11.9 Å². The molecule has 0 radical (unpaired) electrons. The van der Waals surface area contributed by atoms with Crippen LogP contribution in [0.15, 0.2) is 45.3 Å². The first-order valence-electron chi connectivity index (χ1n) is 5.62. The van der Waals surface area contributed by atoms with Gasteiger partial charge in [0.1, 0.15) is 11.5 Å². The van der Waals surface area contributed by atoms with E-state index in [1.165, 1.54) is 36.4 Å². The Balaban J connectivity index is 2.30. The van der Waals surface area contributed by atoms with Crippen LogP contribution in [-0.4, -0.2) is 22.2 Å². The maximum Gasteiger partial charge on any atom is 0.335 e. The minimum atomic E-state index is -1.03. The minimum absolute atomic E-state index is 0.134. The van der Waals surface area contributed by atoms with Crippen LogP contribution >= 0.6 is 31.9 Å². The molecule has 0 aliphatic carbocycles. The first-order chi connectivity index (χ1) is 9.88. The van der Waals surface area contributed by atoms with Crippen molar-refractivity contribution < 1.29 is 24.5 Å². The Bertz CT molecular complexity index is 666. The molecule has 21 heavy (non-hydrogen) atoms. The summed E-state index contributed by atoms with van der Waals surface area (Å²) in [6.45, 7) is 0. The summed E-state index contributed by atoms with van der Waals surface area (Å²) in [7, 11) is 0. The van der Waals surface area contributed by atoms with Crippen molar-refractivity contribution in [1.29, 1.82) is 0 Å². The molecule has 0 fully saturated rings. The van der Waals surface area contributed by atoms with Crippen molar-refractivity contribution in [2.24, 2.45) is 0 Å². The molecule has 0 saturated carbocycles. The lowest BCUT2D eigenvalue weighted by molar-refractivity contribution is 0.0686. The van der Waals surface area contributed by atoms with Gasteiger partial charge in [0.05, 0.1) is 20.1 Å². The summed E-state index contributed by atoms with van der Waals surface area (Å²) < 4.78 is 6.60. The van der Waals surface area contributed by atoms with E-state index in [4.69, 9.17) is 14.9 Å². The van der Waals surface area contributed by atoms with Crippen molar-refractivity contribution in [2.75, 3.05) is 0 Å². The summed E-state index contributed by atoms with van der Waals surface area (Å²) in [5, 5.41) is 17.8. The van der Waals surface area contributed by atoms with Gasteiger partial charge in [0.2, 0.25) is 0 Å². The Morgan fingerprint density at radius 3 is 1.48 bits per heavy atom. The van der Waals surface area contributed by atoms with Gasteiger partial charge in [-0.1, -0.05) is 0 Å². The normalized spacial score (nSPS) is 10.2. The van der Waals surface area contributed by atoms with Crippen LogP contribution in [0.25, 0.3) is 0 Å². The van der Waals surface area contributed by atoms with Crippen molar-refractivity contribution >= 4 is 43.8 Å². The average Bonchev–Trinajstić information content (AvgIpc) is 2.42. The van der Waals surface area contributed by atoms with Gasteiger partial charge in [0.15, 0.2) is 0 Å². The molecule has 0 amide bonds. The maximum absolute atomic E-state index is 10.9. The lowest BCUT2D eigenvalue weighted by atomic mass is 10.2. The lowest BCUT2D eigenvalue weighted by Crippen LogP contribution is -1.98. The van der Waals surface area contributed by atoms with E-state index >= 15 is 0 Å². The molecule has 2 N–H and O–H groups in total. The number of benzene rings is 2. The van der Waals surface area contributed by atoms with E-state index < -0.39 is 11.9 Å². The van der Waals surface area contributed by atoms with E-state index in [0.29, 0.717) is 20.4 Å². The summed E-state index contributed by atoms with van der Waals surface area (Å²) in [6.07, 6.45) is 0. The summed E-state index contributed by atoms with van der Waals surface area (Å²) in [5.74, 6) is -1.23. The summed E-state index contributed by atoms with van der Waals surface area (Å²) in [4.78, 5) is 21.7. The van der Waals surface area contributed by atoms with E-state index in [9.17, 15) is 9.59 Å². The van der Waals surface area contributed by atoms with Crippen LogP contribution in [0.1, 0.15) is 20.7 Å². The number of ether oxygens (including phenoxy) is 1. The van der Waals surface area contributed by atoms with Crippen LogP contribution in [0, 0.1) is 0 Å². The number of rotatable bonds is 4. The summed E-state index contributed by atoms with van der Waals surface area (Å²) in [6, 6.07) is 8.73. The molecule has 0 atom stereocenters. The molecule has 2 aromatic carbocycles. The quantitative estimate of drug-likeness (QED) is 0.773. The number of hydrogen-bond donors (Lipinski definition) is 2. The van der Waals surface area contributed by atoms with E-state index in [1.54, 1.807) is 0 Å². The molecule has 0 aliphatic rings. The second-order valence-corrected chi connectivity index (χ2v) is 5.71. The van der Waals surface area contributed by atoms with E-state index in [2.05, 4.69) is 31.9 Å². The number of aromatic carboxylic acids is 2. The molecule has 5 nitrogen and oxygen atoms in total. The van der Waals surface area contributed by atoms with E-state index in [-0.39, 0.29) is 11.1 Å². The van der Waals surface area contributed by atoms with E-state index in [1.807, 2.05) is 0 Å². The number of carbonyl (C=O) groups is 2. The average molecular weight is 416 g/mol. The molecule has 2 rings (SSSR count). The van der Waals surface area contributed by atoms with Crippen molar-refractivity contribution in [3.8, 4) is 11.5 Å². The van der Waals surface area contributed by atoms with Crippen molar-refractivity contribution in [1.82, 2.24) is 0 Å². The largest absolute Gasteiger partial charge is 0.478 e. The van der Waals surface area contributed by atoms with Crippen LogP contribution in [0.4, 0.5) is 0 Å². The number of hydrogen-bond acceptors (Lipinski definition) is 3. The van der Waals surface area contributed by atoms with Crippen LogP contribution in [0.2, 0.25) is 0 Å². The first-order valence-corrected chi connectivity index (χ1v) is 7.20. The Morgan fingerprint density at radius 2 is 1.19 bits per heavy atom. The molecule has 0 unspecified atom stereocenters. The van der Waals surface area contributed by atoms with E-state index in [0.717, 1.165) is 0 Å². The number of carboxylic acids is 2. The molecule has 0 aliphatic heterocycles. The van der Waals surface area contributed by atoms with Gasteiger partial charge in [-0.3, -0.25) is 0 Å². The topological polar surface area (TPSA) is 83.8 Å². The van der Waals surface area contributed by atoms with Gasteiger partial charge in [-0.25, -0.2) is 9.59 Å². The fourth-order valence-corrected chi connectivity index (χ4v) is 2.47. The maximum atomic E-state index is 10.9. The molecule has 0 aromatic heterocycles. The Labute approximate surface area is 136 Å². The monoisotopic (exact) mass is 414 g/mol. The van der Waals surface area contributed by atoms with Crippen LogP contribution < -0.4 is 4.74 Å². The van der Waals surface area contributed by atoms with Crippen LogP contribution in [-0.2, 0) is 0 Å². The smallest absolute Gasteiger partial charge is 0.335 e. The molecular weight excluding hydrogens is 408 g/mol. The highest BCUT2D eigenvalue weighted by Crippen LogP contribution is 2.34. The highest BCUT2D eigenvalue weighted by atomic mass is 79.9. The third-order valence-corrected chi connectivity index (χ3v) is 3.82. The second kappa shape index (κ2) is 6.28. The van der Waals surface area contributed by atoms with Crippen molar-refractivity contribution in [3.05, 3.63) is 56.5 Å². The summed E-state index contributed by atoms with van der Waals surface area (Å²) >= 11 is 6.47. The Hall–Kier alpha value is -1.86. The fraction of sp³-hybridized carbons (Fsp3) is 0. The zero-order valence-corrected chi connectivity index (χ0v) is 13.5. The lowest BCUT2D eigenvalue weighted by Gasteiger charge is -2.10. The van der Waals surface area contributed by atoms with Gasteiger partial charge in [0.25, 0.3) is 0 Å². The molecule has 0 saturated heterocycles. The predicted octanol–water partition coefficient (Wildman–Crippen LogP) is 4.40. The Kier molecular flexibility index (Phi) is 4.64. The number of halogens is 2. The molecule has 108 valence electrons. The number of carboxylic acid groups (broad SMARTS) is 2. The fourth-order valence-electron chi connectivity index (χ4n) is 1.55. The second-order valence-electron chi connectivity index (χ2n) is 4.00. The zero-order valence-electron chi connectivity index (χ0n) is 10.3. The highest BCUT2D eigenvalue weighted by molar-refractivity contribution is 9.11. The van der Waals surface area contributed by atoms with Gasteiger partial charge < -0.3 is 14.9 Å². The van der Waals surface area contributed by atoms with Crippen molar-refractivity contribution in [3.63, 3.8) is 0 Å². The minimum Gasteiger partial charge on any atom is -0.478 e. The molecule has 0 spiro atoms. The summed E-state index contributed by atoms with van der Waals surface area (Å²) in [5.41, 5.74) is 0.268. The third kappa shape index (κ3) is 3.62. The molecule has 2 aromatic rings. The first kappa shape index (κ1) is 15.5. The van der Waals surface area contributed by atoms with Gasteiger partial charge in [-0.15, -0.1) is 0 Å².